The Morgan fingerprint density at radius 2 is 1.07 bits per heavy atom. The van der Waals surface area contributed by atoms with Crippen molar-refractivity contribution in [1.82, 2.24) is 0 Å². The summed E-state index contributed by atoms with van der Waals surface area (Å²) in [6, 6.07) is 18.7. The second kappa shape index (κ2) is 7.81. The molecule has 150 valence electrons. The van der Waals surface area contributed by atoms with E-state index >= 15 is 0 Å². The SMILES string of the molecule is CC1=Cc2ccccc2[CH]1[Hf+2]1([CH]2C(C)=Cc3ccccc32)[CH]2CCCC[CH]21.[Cl-].[Cl-]. The Kier molecular flexibility index (Phi) is 5.82. The third-order valence-electron chi connectivity index (χ3n) is 8.23. The number of hydrogen-bond donors (Lipinski definition) is 0. The van der Waals surface area contributed by atoms with Crippen LogP contribution < -0.4 is 24.8 Å². The van der Waals surface area contributed by atoms with E-state index in [1.165, 1.54) is 36.8 Å². The smallest absolute Gasteiger partial charge is 1.00 e. The molecular formula is C26H28Cl2Hf. The van der Waals surface area contributed by atoms with Gasteiger partial charge in [0, 0.05) is 0 Å². The minimum atomic E-state index is -2.72. The van der Waals surface area contributed by atoms with E-state index in [1.807, 2.05) is 0 Å². The molecule has 4 unspecified atom stereocenters. The van der Waals surface area contributed by atoms with Gasteiger partial charge in [-0.25, -0.2) is 0 Å². The molecule has 29 heavy (non-hydrogen) atoms. The molecule has 2 fully saturated rings. The topological polar surface area (TPSA) is 0 Å². The fourth-order valence-electron chi connectivity index (χ4n) is 7.53. The van der Waals surface area contributed by atoms with E-state index in [-0.39, 0.29) is 24.8 Å². The van der Waals surface area contributed by atoms with E-state index in [1.54, 1.807) is 22.3 Å². The van der Waals surface area contributed by atoms with Crippen LogP contribution in [-0.4, -0.2) is 0 Å². The predicted octanol–water partition coefficient (Wildman–Crippen LogP) is 1.63. The van der Waals surface area contributed by atoms with Gasteiger partial charge >= 0.3 is 168 Å². The molecule has 3 heteroatoms. The Bertz CT molecular complexity index is 924. The van der Waals surface area contributed by atoms with E-state index in [0.29, 0.717) is 0 Å². The Balaban J connectivity index is 0.00000102. The van der Waals surface area contributed by atoms with Gasteiger partial charge < -0.3 is 24.8 Å². The molecule has 2 aromatic carbocycles. The monoisotopic (exact) mass is 590 g/mol. The van der Waals surface area contributed by atoms with Crippen molar-refractivity contribution in [3.8, 4) is 0 Å². The summed E-state index contributed by atoms with van der Waals surface area (Å²) in [5.41, 5.74) is 9.84. The van der Waals surface area contributed by atoms with Gasteiger partial charge in [-0.05, 0) is 0 Å². The first-order valence-corrected chi connectivity index (χ1v) is 19.1. The minimum absolute atomic E-state index is 0. The van der Waals surface area contributed by atoms with Crippen molar-refractivity contribution in [2.75, 3.05) is 0 Å². The molecule has 1 heterocycles. The first-order chi connectivity index (χ1) is 13.2. The van der Waals surface area contributed by atoms with Crippen LogP contribution in [0.3, 0.4) is 0 Å². The summed E-state index contributed by atoms with van der Waals surface area (Å²) in [6.45, 7) is 4.91. The van der Waals surface area contributed by atoms with Gasteiger partial charge in [0.15, 0.2) is 0 Å². The number of benzene rings is 2. The Morgan fingerprint density at radius 3 is 1.52 bits per heavy atom. The van der Waals surface area contributed by atoms with Gasteiger partial charge in [-0.15, -0.1) is 0 Å². The summed E-state index contributed by atoms with van der Waals surface area (Å²) >= 11 is -2.72. The molecule has 0 nitrogen and oxygen atoms in total. The van der Waals surface area contributed by atoms with E-state index in [0.717, 1.165) is 14.7 Å². The Hall–Kier alpha value is -0.630. The summed E-state index contributed by atoms with van der Waals surface area (Å²) in [5.74, 6) is 0. The molecule has 1 saturated heterocycles. The van der Waals surface area contributed by atoms with E-state index < -0.39 is 20.0 Å². The molecule has 6 rings (SSSR count). The van der Waals surface area contributed by atoms with E-state index in [2.05, 4.69) is 74.5 Å². The number of halogens is 2. The third kappa shape index (κ3) is 2.87. The number of rotatable bonds is 2. The zero-order chi connectivity index (χ0) is 18.2. The van der Waals surface area contributed by atoms with Crippen LogP contribution in [0.2, 0.25) is 7.35 Å². The zero-order valence-corrected chi connectivity index (χ0v) is 22.3. The van der Waals surface area contributed by atoms with Crippen molar-refractivity contribution < 1.29 is 44.8 Å². The second-order valence-electron chi connectivity index (χ2n) is 9.40. The summed E-state index contributed by atoms with van der Waals surface area (Å²) in [7, 11) is 0. The summed E-state index contributed by atoms with van der Waals surface area (Å²) in [6.07, 6.45) is 11.1. The molecule has 4 aliphatic rings. The minimum Gasteiger partial charge on any atom is -1.00 e. The summed E-state index contributed by atoms with van der Waals surface area (Å²) in [4.78, 5) is 0. The zero-order valence-electron chi connectivity index (χ0n) is 17.2. The average Bonchev–Trinajstić information content (AvgIpc) is 3.01. The number of allylic oxidation sites excluding steroid dienone is 2. The Morgan fingerprint density at radius 1 is 0.655 bits per heavy atom. The van der Waals surface area contributed by atoms with Crippen LogP contribution in [0.25, 0.3) is 12.2 Å². The molecule has 0 amide bonds. The van der Waals surface area contributed by atoms with E-state index in [9.17, 15) is 0 Å². The standard InChI is InChI=1S/2C10H9.C6H10.2ClH.Hf/c2*1-8-6-9-4-2-3-5-10(9)7-8;1-2-4-6-5-3-1;;;/h2*2-7H,1H3;1-2H,3-6H2;2*1H;/q;;;;;+2/p-2. The van der Waals surface area contributed by atoms with Crippen LogP contribution in [0.1, 0.15) is 69.1 Å². The Labute approximate surface area is 192 Å². The average molecular weight is 590 g/mol. The van der Waals surface area contributed by atoms with Gasteiger partial charge in [0.05, 0.1) is 0 Å². The van der Waals surface area contributed by atoms with E-state index in [4.69, 9.17) is 0 Å². The molecular weight excluding hydrogens is 562 g/mol. The molecule has 0 N–H and O–H groups in total. The quantitative estimate of drug-likeness (QED) is 0.468. The summed E-state index contributed by atoms with van der Waals surface area (Å²) < 4.78 is 3.87. The normalized spacial score (nSPS) is 31.1. The molecule has 1 saturated carbocycles. The van der Waals surface area contributed by atoms with Crippen LogP contribution in [0.4, 0.5) is 0 Å². The first-order valence-electron chi connectivity index (χ1n) is 10.8. The van der Waals surface area contributed by atoms with Crippen molar-refractivity contribution in [2.45, 2.75) is 54.2 Å². The molecule has 0 bridgehead atoms. The first kappa shape index (κ1) is 21.6. The summed E-state index contributed by atoms with van der Waals surface area (Å²) in [5, 5.41) is 0. The molecule has 1 aliphatic heterocycles. The molecule has 0 aromatic heterocycles. The maximum absolute atomic E-state index is 2.72. The molecule has 0 spiro atoms. The van der Waals surface area contributed by atoms with Crippen molar-refractivity contribution in [1.29, 1.82) is 0 Å². The molecule has 4 atom stereocenters. The second-order valence-corrected chi connectivity index (χ2v) is 26.1. The van der Waals surface area contributed by atoms with Crippen LogP contribution >= 0.6 is 0 Å². The predicted molar refractivity (Wildman–Crippen MR) is 112 cm³/mol. The van der Waals surface area contributed by atoms with Crippen LogP contribution in [0, 0.1) is 0 Å². The maximum atomic E-state index is 2.53. The fraction of sp³-hybridized carbons (Fsp3) is 0.385. The van der Waals surface area contributed by atoms with Crippen molar-refractivity contribution >= 4 is 12.2 Å². The van der Waals surface area contributed by atoms with Crippen molar-refractivity contribution in [3.05, 3.63) is 81.9 Å². The fourth-order valence-corrected chi connectivity index (χ4v) is 43.0. The maximum Gasteiger partial charge on any atom is -1.00 e. The van der Waals surface area contributed by atoms with Crippen LogP contribution in [0.15, 0.2) is 59.7 Å². The number of hydrogen-bond acceptors (Lipinski definition) is 0. The van der Waals surface area contributed by atoms with Gasteiger partial charge in [0.2, 0.25) is 0 Å². The molecule has 3 aliphatic carbocycles. The van der Waals surface area contributed by atoms with Gasteiger partial charge in [0.1, 0.15) is 0 Å². The third-order valence-corrected chi connectivity index (χ3v) is 33.7. The van der Waals surface area contributed by atoms with Crippen molar-refractivity contribution in [3.63, 3.8) is 0 Å². The van der Waals surface area contributed by atoms with Gasteiger partial charge in [0.25, 0.3) is 0 Å². The molecule has 0 radical (unpaired) electrons. The van der Waals surface area contributed by atoms with Crippen LogP contribution in [-0.2, 0) is 20.0 Å². The van der Waals surface area contributed by atoms with Crippen molar-refractivity contribution in [2.24, 2.45) is 0 Å². The molecule has 2 aromatic rings. The van der Waals surface area contributed by atoms with Crippen LogP contribution in [0.5, 0.6) is 0 Å². The largest absolute Gasteiger partial charge is 1.00 e. The van der Waals surface area contributed by atoms with Gasteiger partial charge in [-0.3, -0.25) is 0 Å². The van der Waals surface area contributed by atoms with Gasteiger partial charge in [-0.1, -0.05) is 0 Å². The number of fused-ring (bicyclic) bond motifs is 3. The van der Waals surface area contributed by atoms with Gasteiger partial charge in [-0.2, -0.15) is 0 Å².